The van der Waals surface area contributed by atoms with E-state index in [0.29, 0.717) is 32.2 Å². The van der Waals surface area contributed by atoms with Gasteiger partial charge in [0.05, 0.1) is 12.6 Å². The van der Waals surface area contributed by atoms with E-state index in [0.717, 1.165) is 19.3 Å². The number of carbonyl (C=O) groups excluding carboxylic acids is 1. The van der Waals surface area contributed by atoms with Gasteiger partial charge in [0.25, 0.3) is 0 Å². The number of likely N-dealkylation sites (tertiary alicyclic amines) is 1. The molecule has 0 aromatic carbocycles. The standard InChI is InChI=1S/C13H24N2O3/c1-10(2)7-18-12(16)15-6-4-3-5-11(15)13(17)8-14-9-13/h10-11,14,17H,3-9H2,1-2H3. The Hall–Kier alpha value is -0.810. The first-order chi connectivity index (χ1) is 8.53. The summed E-state index contributed by atoms with van der Waals surface area (Å²) >= 11 is 0. The Balaban J connectivity index is 1.96. The van der Waals surface area contributed by atoms with Crippen molar-refractivity contribution in [3.63, 3.8) is 0 Å². The summed E-state index contributed by atoms with van der Waals surface area (Å²) in [5.74, 6) is 0.339. The molecule has 1 atom stereocenters. The van der Waals surface area contributed by atoms with E-state index in [1.54, 1.807) is 4.90 Å². The van der Waals surface area contributed by atoms with Crippen molar-refractivity contribution in [2.75, 3.05) is 26.2 Å². The second kappa shape index (κ2) is 5.45. The van der Waals surface area contributed by atoms with Gasteiger partial charge in [-0.15, -0.1) is 0 Å². The highest BCUT2D eigenvalue weighted by Gasteiger charge is 2.47. The fourth-order valence-corrected chi connectivity index (χ4v) is 2.65. The van der Waals surface area contributed by atoms with Crippen LogP contribution in [-0.2, 0) is 4.74 Å². The average Bonchev–Trinajstić information content (AvgIpc) is 2.33. The van der Waals surface area contributed by atoms with Crippen molar-refractivity contribution >= 4 is 6.09 Å². The molecule has 0 aliphatic carbocycles. The number of hydrogen-bond acceptors (Lipinski definition) is 4. The first kappa shape index (κ1) is 13.6. The molecule has 1 amide bonds. The molecule has 2 rings (SSSR count). The quantitative estimate of drug-likeness (QED) is 0.790. The van der Waals surface area contributed by atoms with Gasteiger partial charge in [-0.3, -0.25) is 0 Å². The highest BCUT2D eigenvalue weighted by atomic mass is 16.6. The summed E-state index contributed by atoms with van der Waals surface area (Å²) in [6, 6.07) is -0.0906. The van der Waals surface area contributed by atoms with Crippen LogP contribution in [0.15, 0.2) is 0 Å². The number of ether oxygens (including phenoxy) is 1. The predicted molar refractivity (Wildman–Crippen MR) is 68.4 cm³/mol. The smallest absolute Gasteiger partial charge is 0.410 e. The molecular formula is C13H24N2O3. The lowest BCUT2D eigenvalue weighted by molar-refractivity contribution is -0.0896. The molecule has 0 aromatic rings. The van der Waals surface area contributed by atoms with Crippen molar-refractivity contribution in [1.82, 2.24) is 10.2 Å². The van der Waals surface area contributed by atoms with Gasteiger partial charge < -0.3 is 20.1 Å². The summed E-state index contributed by atoms with van der Waals surface area (Å²) in [5, 5.41) is 13.5. The van der Waals surface area contributed by atoms with E-state index in [-0.39, 0.29) is 12.1 Å². The summed E-state index contributed by atoms with van der Waals surface area (Å²) in [6.45, 7) is 6.33. The Kier molecular flexibility index (Phi) is 4.12. The average molecular weight is 256 g/mol. The maximum atomic E-state index is 12.1. The number of aliphatic hydroxyl groups is 1. The van der Waals surface area contributed by atoms with E-state index in [4.69, 9.17) is 4.74 Å². The summed E-state index contributed by atoms with van der Waals surface area (Å²) in [4.78, 5) is 13.8. The number of rotatable bonds is 3. The van der Waals surface area contributed by atoms with Crippen molar-refractivity contribution in [2.24, 2.45) is 5.92 Å². The van der Waals surface area contributed by atoms with E-state index in [2.05, 4.69) is 5.32 Å². The van der Waals surface area contributed by atoms with Crippen molar-refractivity contribution in [1.29, 1.82) is 0 Å². The monoisotopic (exact) mass is 256 g/mol. The van der Waals surface area contributed by atoms with Crippen molar-refractivity contribution in [3.05, 3.63) is 0 Å². The van der Waals surface area contributed by atoms with Crippen molar-refractivity contribution in [3.8, 4) is 0 Å². The summed E-state index contributed by atoms with van der Waals surface area (Å²) < 4.78 is 5.29. The normalized spacial score (nSPS) is 26.9. The highest BCUT2D eigenvalue weighted by Crippen LogP contribution is 2.29. The minimum Gasteiger partial charge on any atom is -0.449 e. The fourth-order valence-electron chi connectivity index (χ4n) is 2.65. The first-order valence-corrected chi connectivity index (χ1v) is 6.89. The zero-order valence-electron chi connectivity index (χ0n) is 11.3. The molecule has 2 aliphatic heterocycles. The highest BCUT2D eigenvalue weighted by molar-refractivity contribution is 5.68. The van der Waals surface area contributed by atoms with E-state index in [1.807, 2.05) is 13.8 Å². The van der Waals surface area contributed by atoms with Gasteiger partial charge in [-0.1, -0.05) is 13.8 Å². The van der Waals surface area contributed by atoms with Gasteiger partial charge in [0.2, 0.25) is 0 Å². The molecule has 0 spiro atoms. The Morgan fingerprint density at radius 3 is 2.78 bits per heavy atom. The molecular weight excluding hydrogens is 232 g/mol. The largest absolute Gasteiger partial charge is 0.449 e. The Morgan fingerprint density at radius 1 is 1.50 bits per heavy atom. The minimum atomic E-state index is -0.753. The van der Waals surface area contributed by atoms with Crippen LogP contribution in [0.4, 0.5) is 4.79 Å². The van der Waals surface area contributed by atoms with E-state index < -0.39 is 5.60 Å². The lowest BCUT2D eigenvalue weighted by atomic mass is 9.82. The molecule has 0 saturated carbocycles. The molecule has 2 heterocycles. The van der Waals surface area contributed by atoms with Crippen molar-refractivity contribution in [2.45, 2.75) is 44.8 Å². The van der Waals surface area contributed by atoms with Crippen LogP contribution in [-0.4, -0.2) is 54.0 Å². The van der Waals surface area contributed by atoms with Gasteiger partial charge >= 0.3 is 6.09 Å². The molecule has 104 valence electrons. The first-order valence-electron chi connectivity index (χ1n) is 6.89. The SMILES string of the molecule is CC(C)COC(=O)N1CCCCC1C1(O)CNC1. The minimum absolute atomic E-state index is 0.0906. The Bertz CT molecular complexity index is 303. The van der Waals surface area contributed by atoms with Gasteiger partial charge in [-0.25, -0.2) is 4.79 Å². The van der Waals surface area contributed by atoms with Gasteiger partial charge in [-0.05, 0) is 25.2 Å². The molecule has 2 saturated heterocycles. The van der Waals surface area contributed by atoms with E-state index in [1.165, 1.54) is 0 Å². The van der Waals surface area contributed by atoms with Crippen molar-refractivity contribution < 1.29 is 14.6 Å². The van der Waals surface area contributed by atoms with Crippen LogP contribution < -0.4 is 5.32 Å². The summed E-state index contributed by atoms with van der Waals surface area (Å²) in [7, 11) is 0. The number of β-amino-alcohol motifs (C(OH)–C–C–N with tert-alkyl or cyclic N) is 1. The van der Waals surface area contributed by atoms with E-state index >= 15 is 0 Å². The van der Waals surface area contributed by atoms with Gasteiger partial charge in [0, 0.05) is 19.6 Å². The maximum Gasteiger partial charge on any atom is 0.410 e. The van der Waals surface area contributed by atoms with Gasteiger partial charge in [-0.2, -0.15) is 0 Å². The van der Waals surface area contributed by atoms with Crippen LogP contribution in [0.3, 0.4) is 0 Å². The van der Waals surface area contributed by atoms with Gasteiger partial charge in [0.1, 0.15) is 5.60 Å². The third-order valence-corrected chi connectivity index (χ3v) is 3.76. The molecule has 0 radical (unpaired) electrons. The summed E-state index contributed by atoms with van der Waals surface area (Å²) in [6.07, 6.45) is 2.67. The number of carbonyl (C=O) groups is 1. The van der Waals surface area contributed by atoms with Gasteiger partial charge in [0.15, 0.2) is 0 Å². The van der Waals surface area contributed by atoms with Crippen LogP contribution in [0.1, 0.15) is 33.1 Å². The molecule has 2 aliphatic rings. The zero-order chi connectivity index (χ0) is 13.2. The van der Waals surface area contributed by atoms with Crippen LogP contribution in [0.2, 0.25) is 0 Å². The second-order valence-corrected chi connectivity index (χ2v) is 5.88. The van der Waals surface area contributed by atoms with Crippen LogP contribution in [0.25, 0.3) is 0 Å². The number of amides is 1. The third kappa shape index (κ3) is 2.78. The number of piperidine rings is 1. The van der Waals surface area contributed by atoms with Crippen LogP contribution >= 0.6 is 0 Å². The Labute approximate surface area is 108 Å². The summed E-state index contributed by atoms with van der Waals surface area (Å²) in [5.41, 5.74) is -0.753. The lowest BCUT2D eigenvalue weighted by Gasteiger charge is -2.49. The molecule has 18 heavy (non-hydrogen) atoms. The molecule has 1 unspecified atom stereocenters. The predicted octanol–water partition coefficient (Wildman–Crippen LogP) is 0.968. The third-order valence-electron chi connectivity index (χ3n) is 3.76. The number of nitrogens with zero attached hydrogens (tertiary/aromatic N) is 1. The molecule has 5 heteroatoms. The van der Waals surface area contributed by atoms with E-state index in [9.17, 15) is 9.90 Å². The topological polar surface area (TPSA) is 61.8 Å². The second-order valence-electron chi connectivity index (χ2n) is 5.88. The molecule has 2 fully saturated rings. The lowest BCUT2D eigenvalue weighted by Crippen LogP contribution is -2.71. The Morgan fingerprint density at radius 2 is 2.22 bits per heavy atom. The molecule has 0 aromatic heterocycles. The van der Waals surface area contributed by atoms with Crippen LogP contribution in [0.5, 0.6) is 0 Å². The van der Waals surface area contributed by atoms with Crippen LogP contribution in [0, 0.1) is 5.92 Å². The zero-order valence-corrected chi connectivity index (χ0v) is 11.3. The molecule has 2 N–H and O–H groups in total. The molecule has 0 bridgehead atoms. The fraction of sp³-hybridized carbons (Fsp3) is 0.923. The number of hydrogen-bond donors (Lipinski definition) is 2. The molecule has 5 nitrogen and oxygen atoms in total. The maximum absolute atomic E-state index is 12.1. The number of nitrogens with one attached hydrogen (secondary N) is 1.